The van der Waals surface area contributed by atoms with Crippen molar-refractivity contribution >= 4 is 24.5 Å². The first-order chi connectivity index (χ1) is 10.7. The number of rotatable bonds is 8. The molecule has 0 radical (unpaired) electrons. The molecule has 1 rings (SSSR count). The Morgan fingerprint density at radius 1 is 1.22 bits per heavy atom. The maximum absolute atomic E-state index is 12.8. The third-order valence-electron chi connectivity index (χ3n) is 5.12. The smallest absolute Gasteiger partial charge is 0.373 e. The standard InChI is InChI=1S/C14H28O7SSi/c1-6-9-14(19-3)13(12(15)7-2,22(16,17)18)10-8-11-23(14,20-4)21-5/h6-11H2,1-5H3,(H,16,17,18). The predicted molar refractivity (Wildman–Crippen MR) is 88.0 cm³/mol. The second kappa shape index (κ2) is 7.28. The number of hydrogen-bond donors (Lipinski definition) is 1. The first-order valence-corrected chi connectivity index (χ1v) is 11.3. The average molecular weight is 369 g/mol. The Kier molecular flexibility index (Phi) is 6.56. The van der Waals surface area contributed by atoms with Gasteiger partial charge in [-0.2, -0.15) is 8.42 Å². The SMILES string of the molecule is CCCC1(OC)C(C(=O)CC)(S(=O)(=O)O)CCC[Si]1(OC)OC. The fourth-order valence-corrected chi connectivity index (χ4v) is 10.6. The first kappa shape index (κ1) is 20.7. The molecule has 0 amide bonds. The van der Waals surface area contributed by atoms with Crippen LogP contribution in [0.3, 0.4) is 0 Å². The molecule has 1 aliphatic heterocycles. The van der Waals surface area contributed by atoms with E-state index in [9.17, 15) is 17.8 Å². The lowest BCUT2D eigenvalue weighted by Gasteiger charge is -2.56. The van der Waals surface area contributed by atoms with Crippen LogP contribution in [-0.4, -0.2) is 58.6 Å². The summed E-state index contributed by atoms with van der Waals surface area (Å²) in [5, 5.41) is -1.49. The Morgan fingerprint density at radius 3 is 2.13 bits per heavy atom. The van der Waals surface area contributed by atoms with Crippen LogP contribution in [0.15, 0.2) is 0 Å². The Morgan fingerprint density at radius 2 is 1.78 bits per heavy atom. The highest BCUT2D eigenvalue weighted by Gasteiger charge is 2.76. The molecule has 23 heavy (non-hydrogen) atoms. The van der Waals surface area contributed by atoms with Crippen molar-refractivity contribution in [1.29, 1.82) is 0 Å². The van der Waals surface area contributed by atoms with E-state index in [4.69, 9.17) is 13.6 Å². The number of Topliss-reactive ketones (excluding diaryl/α,β-unsaturated/α-hetero) is 1. The Hall–Kier alpha value is -0.323. The number of ether oxygens (including phenoxy) is 1. The number of ketones is 1. The lowest BCUT2D eigenvalue weighted by Crippen LogP contribution is -2.79. The average Bonchev–Trinajstić information content (AvgIpc) is 2.53. The van der Waals surface area contributed by atoms with Gasteiger partial charge in [0.1, 0.15) is 5.22 Å². The third kappa shape index (κ3) is 2.71. The van der Waals surface area contributed by atoms with Crippen LogP contribution in [0.4, 0.5) is 0 Å². The molecule has 9 heteroatoms. The van der Waals surface area contributed by atoms with Crippen molar-refractivity contribution in [2.75, 3.05) is 21.3 Å². The van der Waals surface area contributed by atoms with Crippen LogP contribution in [0.25, 0.3) is 0 Å². The van der Waals surface area contributed by atoms with Crippen LogP contribution in [0.5, 0.6) is 0 Å². The highest BCUT2D eigenvalue weighted by Crippen LogP contribution is 2.53. The zero-order valence-electron chi connectivity index (χ0n) is 14.5. The molecule has 1 heterocycles. The van der Waals surface area contributed by atoms with Crippen molar-refractivity contribution in [2.45, 2.75) is 62.0 Å². The second-order valence-corrected chi connectivity index (χ2v) is 11.2. The van der Waals surface area contributed by atoms with Crippen LogP contribution in [-0.2, 0) is 28.5 Å². The number of carbonyl (C=O) groups is 1. The van der Waals surface area contributed by atoms with E-state index in [-0.39, 0.29) is 19.3 Å². The summed E-state index contributed by atoms with van der Waals surface area (Å²) in [6, 6.07) is 0.502. The number of hydrogen-bond acceptors (Lipinski definition) is 6. The van der Waals surface area contributed by atoms with E-state index >= 15 is 0 Å². The Balaban J connectivity index is 3.87. The molecule has 0 aliphatic carbocycles. The minimum absolute atomic E-state index is 0.00775. The zero-order chi connectivity index (χ0) is 17.9. The molecule has 136 valence electrons. The summed E-state index contributed by atoms with van der Waals surface area (Å²) < 4.78 is 50.1. The van der Waals surface area contributed by atoms with Crippen molar-refractivity contribution in [3.05, 3.63) is 0 Å². The maximum Gasteiger partial charge on any atom is 0.373 e. The quantitative estimate of drug-likeness (QED) is 0.515. The fraction of sp³-hybridized carbons (Fsp3) is 0.929. The van der Waals surface area contributed by atoms with Crippen LogP contribution < -0.4 is 0 Å². The van der Waals surface area contributed by atoms with E-state index in [2.05, 4.69) is 0 Å². The molecule has 0 bridgehead atoms. The molecule has 1 fully saturated rings. The molecule has 2 atom stereocenters. The van der Waals surface area contributed by atoms with E-state index in [0.29, 0.717) is 18.9 Å². The van der Waals surface area contributed by atoms with Crippen molar-refractivity contribution in [3.63, 3.8) is 0 Å². The van der Waals surface area contributed by atoms with Crippen LogP contribution in [0.2, 0.25) is 6.04 Å². The molecule has 1 aliphatic rings. The highest BCUT2D eigenvalue weighted by atomic mass is 32.2. The number of methoxy groups -OCH3 is 1. The van der Waals surface area contributed by atoms with Crippen molar-refractivity contribution in [2.24, 2.45) is 0 Å². The lowest BCUT2D eigenvalue weighted by molar-refractivity contribution is -0.131. The monoisotopic (exact) mass is 368 g/mol. The summed E-state index contributed by atoms with van der Waals surface area (Å²) in [4.78, 5) is 12.8. The van der Waals surface area contributed by atoms with Gasteiger partial charge in [-0.05, 0) is 25.3 Å². The van der Waals surface area contributed by atoms with E-state index in [1.165, 1.54) is 21.3 Å². The van der Waals surface area contributed by atoms with Crippen LogP contribution >= 0.6 is 0 Å². The largest absolute Gasteiger partial charge is 0.396 e. The predicted octanol–water partition coefficient (Wildman–Crippen LogP) is 1.85. The molecule has 0 aromatic heterocycles. The van der Waals surface area contributed by atoms with E-state index in [0.717, 1.165) is 0 Å². The van der Waals surface area contributed by atoms with Crippen molar-refractivity contribution in [1.82, 2.24) is 0 Å². The molecule has 0 spiro atoms. The van der Waals surface area contributed by atoms with Gasteiger partial charge in [0.15, 0.2) is 10.5 Å². The summed E-state index contributed by atoms with van der Waals surface area (Å²) in [6.45, 7) is 3.45. The van der Waals surface area contributed by atoms with Gasteiger partial charge >= 0.3 is 8.56 Å². The Bertz CT molecular complexity index is 531. The van der Waals surface area contributed by atoms with Crippen LogP contribution in [0.1, 0.15) is 46.0 Å². The third-order valence-corrected chi connectivity index (χ3v) is 11.4. The minimum Gasteiger partial charge on any atom is -0.396 e. The van der Waals surface area contributed by atoms with Gasteiger partial charge in [0.05, 0.1) is 0 Å². The molecule has 1 N–H and O–H groups in total. The van der Waals surface area contributed by atoms with E-state index < -0.39 is 34.4 Å². The van der Waals surface area contributed by atoms with Gasteiger partial charge in [-0.25, -0.2) is 0 Å². The van der Waals surface area contributed by atoms with Gasteiger partial charge in [-0.15, -0.1) is 0 Å². The summed E-state index contributed by atoms with van der Waals surface area (Å²) in [7, 11) is -3.70. The van der Waals surface area contributed by atoms with E-state index in [1.54, 1.807) is 6.92 Å². The van der Waals surface area contributed by atoms with Gasteiger partial charge in [-0.1, -0.05) is 20.3 Å². The molecule has 7 nitrogen and oxygen atoms in total. The summed E-state index contributed by atoms with van der Waals surface area (Å²) in [6.07, 6.45) is 1.21. The van der Waals surface area contributed by atoms with Gasteiger partial charge in [-0.3, -0.25) is 9.35 Å². The lowest BCUT2D eigenvalue weighted by atomic mass is 9.86. The second-order valence-electron chi connectivity index (χ2n) is 5.87. The number of carbonyl (C=O) groups excluding carboxylic acids is 1. The van der Waals surface area contributed by atoms with E-state index in [1.807, 2.05) is 6.92 Å². The first-order valence-electron chi connectivity index (χ1n) is 7.84. The molecule has 0 saturated carbocycles. The normalized spacial score (nSPS) is 31.0. The Labute approximate surface area is 139 Å². The van der Waals surface area contributed by atoms with Gasteiger partial charge in [0, 0.05) is 27.8 Å². The summed E-state index contributed by atoms with van der Waals surface area (Å²) >= 11 is 0. The van der Waals surface area contributed by atoms with Crippen molar-refractivity contribution < 1.29 is 31.4 Å². The molecule has 0 aromatic carbocycles. The van der Waals surface area contributed by atoms with Gasteiger partial charge < -0.3 is 13.6 Å². The molecule has 2 unspecified atom stereocenters. The summed E-state index contributed by atoms with van der Waals surface area (Å²) in [5.74, 6) is -0.555. The molecule has 0 aromatic rings. The minimum atomic E-state index is -4.73. The summed E-state index contributed by atoms with van der Waals surface area (Å²) in [5.41, 5.74) is 0. The van der Waals surface area contributed by atoms with Crippen molar-refractivity contribution in [3.8, 4) is 0 Å². The molecular weight excluding hydrogens is 340 g/mol. The molecule has 1 saturated heterocycles. The zero-order valence-corrected chi connectivity index (χ0v) is 16.4. The highest BCUT2D eigenvalue weighted by molar-refractivity contribution is 7.88. The van der Waals surface area contributed by atoms with Crippen LogP contribution in [0, 0.1) is 0 Å². The molecular formula is C14H28O7SSi. The van der Waals surface area contributed by atoms with Gasteiger partial charge in [0.25, 0.3) is 10.1 Å². The topological polar surface area (TPSA) is 99.1 Å². The fourth-order valence-electron chi connectivity index (χ4n) is 4.20. The maximum atomic E-state index is 12.8. The van der Waals surface area contributed by atoms with Gasteiger partial charge in [0.2, 0.25) is 0 Å².